The number of H-pyrrole nitrogens is 1. The summed E-state index contributed by atoms with van der Waals surface area (Å²) in [4.78, 5) is 4.48. The van der Waals surface area contributed by atoms with E-state index in [0.29, 0.717) is 11.8 Å². The Morgan fingerprint density at radius 3 is 2.65 bits per heavy atom. The molecule has 0 radical (unpaired) electrons. The molecule has 0 aliphatic heterocycles. The molecule has 1 aromatic carbocycles. The molecular formula is C25H20F3N5O. The molecule has 0 saturated heterocycles. The van der Waals surface area contributed by atoms with E-state index >= 15 is 4.39 Å². The molecule has 3 saturated carbocycles. The van der Waals surface area contributed by atoms with Crippen molar-refractivity contribution >= 4 is 16.7 Å². The Labute approximate surface area is 192 Å². The van der Waals surface area contributed by atoms with E-state index in [2.05, 4.69) is 20.5 Å². The molecule has 3 heterocycles. The van der Waals surface area contributed by atoms with Crippen LogP contribution in [0.2, 0.25) is 0 Å². The number of halogens is 3. The fourth-order valence-corrected chi connectivity index (χ4v) is 5.55. The van der Waals surface area contributed by atoms with E-state index in [9.17, 15) is 14.0 Å². The highest BCUT2D eigenvalue weighted by atomic mass is 19.1. The molecule has 3 aromatic heterocycles. The SMILES string of the molecule is N#Cc1c(-c2[nH]nc3c(F)cc(F)cc23)nc(NC2CC3CCC2CC3)c(F)c1-c1ccco1. The van der Waals surface area contributed by atoms with Gasteiger partial charge in [-0.05, 0) is 49.3 Å². The maximum atomic E-state index is 15.9. The van der Waals surface area contributed by atoms with Crippen LogP contribution in [0.4, 0.5) is 19.0 Å². The highest BCUT2D eigenvalue weighted by Crippen LogP contribution is 2.44. The number of aromatic amines is 1. The molecule has 6 nitrogen and oxygen atoms in total. The number of anilines is 1. The lowest BCUT2D eigenvalue weighted by Gasteiger charge is -2.42. The Morgan fingerprint density at radius 1 is 1.15 bits per heavy atom. The summed E-state index contributed by atoms with van der Waals surface area (Å²) in [5.74, 6) is -1.16. The first-order chi connectivity index (χ1) is 16.5. The largest absolute Gasteiger partial charge is 0.464 e. The van der Waals surface area contributed by atoms with Crippen molar-refractivity contribution in [3.8, 4) is 28.8 Å². The molecule has 9 heteroatoms. The topological polar surface area (TPSA) is 90.5 Å². The number of nitriles is 1. The van der Waals surface area contributed by atoms with Crippen molar-refractivity contribution in [1.29, 1.82) is 5.26 Å². The van der Waals surface area contributed by atoms with Crippen molar-refractivity contribution in [2.45, 2.75) is 38.1 Å². The fraction of sp³-hybridized carbons (Fsp3) is 0.320. The Hall–Kier alpha value is -3.80. The van der Waals surface area contributed by atoms with Crippen LogP contribution in [0.5, 0.6) is 0 Å². The predicted octanol–water partition coefficient (Wildman–Crippen LogP) is 6.16. The van der Waals surface area contributed by atoms with Crippen molar-refractivity contribution < 1.29 is 17.6 Å². The number of pyridine rings is 1. The van der Waals surface area contributed by atoms with Gasteiger partial charge in [-0.2, -0.15) is 10.4 Å². The molecule has 2 bridgehead atoms. The molecule has 1 atom stereocenters. The third-order valence-corrected chi connectivity index (χ3v) is 7.20. The molecule has 34 heavy (non-hydrogen) atoms. The first-order valence-electron chi connectivity index (χ1n) is 11.3. The van der Waals surface area contributed by atoms with Gasteiger partial charge in [0.15, 0.2) is 17.5 Å². The number of aromatic nitrogens is 3. The second-order valence-electron chi connectivity index (χ2n) is 9.11. The van der Waals surface area contributed by atoms with Gasteiger partial charge < -0.3 is 9.73 Å². The second-order valence-corrected chi connectivity index (χ2v) is 9.11. The highest BCUT2D eigenvalue weighted by molar-refractivity contribution is 5.95. The smallest absolute Gasteiger partial charge is 0.177 e. The minimum atomic E-state index is -0.846. The first kappa shape index (κ1) is 20.8. The van der Waals surface area contributed by atoms with E-state index in [1.54, 1.807) is 12.1 Å². The lowest BCUT2D eigenvalue weighted by Crippen LogP contribution is -2.40. The molecule has 7 rings (SSSR count). The maximum Gasteiger partial charge on any atom is 0.177 e. The number of benzene rings is 1. The van der Waals surface area contributed by atoms with Crippen LogP contribution in [-0.4, -0.2) is 21.2 Å². The van der Waals surface area contributed by atoms with Gasteiger partial charge in [0, 0.05) is 17.5 Å². The summed E-state index contributed by atoms with van der Waals surface area (Å²) >= 11 is 0. The fourth-order valence-electron chi connectivity index (χ4n) is 5.55. The number of furan rings is 1. The van der Waals surface area contributed by atoms with E-state index < -0.39 is 17.5 Å². The third-order valence-electron chi connectivity index (χ3n) is 7.20. The Balaban J connectivity index is 1.56. The zero-order valence-corrected chi connectivity index (χ0v) is 18.0. The van der Waals surface area contributed by atoms with Crippen LogP contribution < -0.4 is 5.32 Å². The molecule has 3 aliphatic rings. The number of fused-ring (bicyclic) bond motifs is 4. The predicted molar refractivity (Wildman–Crippen MR) is 119 cm³/mol. The maximum absolute atomic E-state index is 15.9. The minimum absolute atomic E-state index is 0.0161. The highest BCUT2D eigenvalue weighted by Gasteiger charge is 2.37. The van der Waals surface area contributed by atoms with Gasteiger partial charge in [-0.25, -0.2) is 18.2 Å². The van der Waals surface area contributed by atoms with Crippen molar-refractivity contribution in [2.24, 2.45) is 11.8 Å². The van der Waals surface area contributed by atoms with Gasteiger partial charge in [-0.1, -0.05) is 12.8 Å². The average Bonchev–Trinajstić information content (AvgIpc) is 3.51. The van der Waals surface area contributed by atoms with Crippen molar-refractivity contribution in [3.63, 3.8) is 0 Å². The van der Waals surface area contributed by atoms with Gasteiger partial charge in [0.25, 0.3) is 0 Å². The monoisotopic (exact) mass is 463 g/mol. The van der Waals surface area contributed by atoms with Crippen molar-refractivity contribution in [3.05, 3.63) is 53.5 Å². The summed E-state index contributed by atoms with van der Waals surface area (Å²) in [5, 5.41) is 20.0. The lowest BCUT2D eigenvalue weighted by atomic mass is 9.68. The Morgan fingerprint density at radius 2 is 1.97 bits per heavy atom. The molecule has 0 spiro atoms. The van der Waals surface area contributed by atoms with Gasteiger partial charge in [0.05, 0.1) is 23.1 Å². The van der Waals surface area contributed by atoms with Crippen LogP contribution in [0.15, 0.2) is 34.9 Å². The second kappa shape index (κ2) is 7.90. The third kappa shape index (κ3) is 3.24. The molecule has 172 valence electrons. The number of nitrogens with one attached hydrogen (secondary N) is 2. The summed E-state index contributed by atoms with van der Waals surface area (Å²) in [6, 6.07) is 7.07. The molecule has 4 aromatic rings. The van der Waals surface area contributed by atoms with E-state index in [-0.39, 0.29) is 51.0 Å². The zero-order valence-electron chi connectivity index (χ0n) is 18.0. The van der Waals surface area contributed by atoms with E-state index in [4.69, 9.17) is 4.42 Å². The molecule has 1 unspecified atom stereocenters. The van der Waals surface area contributed by atoms with Gasteiger partial charge in [0.1, 0.15) is 28.9 Å². The average molecular weight is 463 g/mol. The number of hydrogen-bond donors (Lipinski definition) is 2. The van der Waals surface area contributed by atoms with Gasteiger partial charge in [-0.15, -0.1) is 0 Å². The van der Waals surface area contributed by atoms with Gasteiger partial charge in [0.2, 0.25) is 0 Å². The van der Waals surface area contributed by atoms with Crippen LogP contribution in [0.3, 0.4) is 0 Å². The summed E-state index contributed by atoms with van der Waals surface area (Å²) in [5.41, 5.74) is -0.0821. The molecule has 2 N–H and O–H groups in total. The van der Waals surface area contributed by atoms with Gasteiger partial charge in [-0.3, -0.25) is 5.10 Å². The Bertz CT molecular complexity index is 1430. The number of rotatable bonds is 4. The molecule has 3 aliphatic carbocycles. The van der Waals surface area contributed by atoms with Crippen LogP contribution in [0.25, 0.3) is 33.6 Å². The first-order valence-corrected chi connectivity index (χ1v) is 11.3. The molecule has 0 amide bonds. The number of hydrogen-bond acceptors (Lipinski definition) is 5. The van der Waals surface area contributed by atoms with E-state index in [0.717, 1.165) is 31.4 Å². The van der Waals surface area contributed by atoms with E-state index in [1.165, 1.54) is 19.1 Å². The number of nitrogens with zero attached hydrogens (tertiary/aromatic N) is 3. The normalized spacial score (nSPS) is 21.6. The van der Waals surface area contributed by atoms with Crippen molar-refractivity contribution in [1.82, 2.24) is 15.2 Å². The van der Waals surface area contributed by atoms with Gasteiger partial charge >= 0.3 is 0 Å². The quantitative estimate of drug-likeness (QED) is 0.378. The molecular weight excluding hydrogens is 443 g/mol. The van der Waals surface area contributed by atoms with Crippen LogP contribution in [-0.2, 0) is 0 Å². The lowest BCUT2D eigenvalue weighted by molar-refractivity contribution is 0.157. The van der Waals surface area contributed by atoms with Crippen LogP contribution in [0, 0.1) is 40.6 Å². The minimum Gasteiger partial charge on any atom is -0.464 e. The zero-order chi connectivity index (χ0) is 23.4. The van der Waals surface area contributed by atoms with Crippen LogP contribution >= 0.6 is 0 Å². The Kier molecular flexibility index (Phi) is 4.83. The summed E-state index contributed by atoms with van der Waals surface area (Å²) in [7, 11) is 0. The molecule has 3 fully saturated rings. The van der Waals surface area contributed by atoms with Crippen molar-refractivity contribution in [2.75, 3.05) is 5.32 Å². The summed E-state index contributed by atoms with van der Waals surface area (Å²) < 4.78 is 49.6. The van der Waals surface area contributed by atoms with E-state index in [1.807, 2.05) is 6.07 Å². The standard InChI is InChI=1S/C25H20F3N5O/c26-14-9-15-22(17(27)10-14)32-33-24(15)23-16(11-29)20(19-2-1-7-34-19)21(28)25(31-23)30-18-8-12-3-5-13(18)6-4-12/h1-2,7,9-10,12-13,18H,3-6,8H2,(H,30,31)(H,32,33). The van der Waals surface area contributed by atoms with Crippen LogP contribution in [0.1, 0.15) is 37.7 Å². The summed E-state index contributed by atoms with van der Waals surface area (Å²) in [6.07, 6.45) is 6.86. The summed E-state index contributed by atoms with van der Waals surface area (Å²) in [6.45, 7) is 0.